The van der Waals surface area contributed by atoms with Gasteiger partial charge in [0.15, 0.2) is 0 Å². The normalized spacial score (nSPS) is 14.8. The molecule has 4 N–H and O–H groups in total. The zero-order valence-corrected chi connectivity index (χ0v) is 16.6. The van der Waals surface area contributed by atoms with Crippen molar-refractivity contribution in [2.45, 2.75) is 18.6 Å². The number of carboxylic acid groups (broad SMARTS) is 2. The second-order valence-electron chi connectivity index (χ2n) is 6.67. The van der Waals surface area contributed by atoms with Gasteiger partial charge in [0, 0.05) is 30.4 Å². The molecule has 0 fully saturated rings. The highest BCUT2D eigenvalue weighted by Gasteiger charge is 2.37. The van der Waals surface area contributed by atoms with Gasteiger partial charge in [-0.3, -0.25) is 24.3 Å². The third kappa shape index (κ3) is 6.40. The van der Waals surface area contributed by atoms with Crippen LogP contribution in [0, 0.1) is 16.0 Å². The molecule has 0 spiro atoms. The molecular weight excluding hydrogens is 415 g/mol. The number of hydrogen-bond acceptors (Lipinski definition) is 6. The molecule has 0 aliphatic rings. The number of rotatable bonds is 11. The highest BCUT2D eigenvalue weighted by molar-refractivity contribution is 7.58. The summed E-state index contributed by atoms with van der Waals surface area (Å²) < 4.78 is 13.2. The molecular formula is C19H21N2O8P. The van der Waals surface area contributed by atoms with E-state index in [9.17, 15) is 34.3 Å². The van der Waals surface area contributed by atoms with Crippen molar-refractivity contribution in [2.75, 3.05) is 11.5 Å². The summed E-state index contributed by atoms with van der Waals surface area (Å²) in [6.07, 6.45) is -1.35. The number of non-ortho nitro benzene ring substituents is 1. The fraction of sp³-hybridized carbons (Fsp3) is 0.263. The number of nitro groups is 1. The molecule has 0 saturated carbocycles. The van der Waals surface area contributed by atoms with Crippen LogP contribution in [0.5, 0.6) is 0 Å². The van der Waals surface area contributed by atoms with Gasteiger partial charge in [0.2, 0.25) is 7.37 Å². The molecule has 0 amide bonds. The summed E-state index contributed by atoms with van der Waals surface area (Å²) in [5.41, 5.74) is 0.605. The molecule has 0 aliphatic heterocycles. The Hall–Kier alpha value is -3.23. The van der Waals surface area contributed by atoms with Gasteiger partial charge in [0.05, 0.1) is 10.8 Å². The molecule has 0 radical (unpaired) electrons. The van der Waals surface area contributed by atoms with E-state index in [1.54, 1.807) is 30.3 Å². The first-order chi connectivity index (χ1) is 14.1. The van der Waals surface area contributed by atoms with Crippen LogP contribution >= 0.6 is 7.37 Å². The average Bonchev–Trinajstić information content (AvgIpc) is 2.69. The molecule has 0 bridgehead atoms. The molecule has 3 atom stereocenters. The average molecular weight is 436 g/mol. The maximum atomic E-state index is 13.2. The molecule has 11 heteroatoms. The lowest BCUT2D eigenvalue weighted by atomic mass is 10.1. The van der Waals surface area contributed by atoms with Gasteiger partial charge in [0.1, 0.15) is 5.78 Å². The van der Waals surface area contributed by atoms with Crippen molar-refractivity contribution >= 4 is 30.7 Å². The first kappa shape index (κ1) is 23.1. The van der Waals surface area contributed by atoms with Gasteiger partial charge in [-0.15, -0.1) is 0 Å². The maximum absolute atomic E-state index is 13.2. The quantitative estimate of drug-likeness (QED) is 0.234. The van der Waals surface area contributed by atoms with Crippen LogP contribution in [-0.4, -0.2) is 38.1 Å². The molecule has 0 saturated heterocycles. The summed E-state index contributed by atoms with van der Waals surface area (Å²) in [5, 5.41) is 31.8. The van der Waals surface area contributed by atoms with Crippen LogP contribution in [0.15, 0.2) is 54.6 Å². The van der Waals surface area contributed by atoms with Crippen LogP contribution in [0.2, 0.25) is 0 Å². The Labute approximate surface area is 171 Å². The summed E-state index contributed by atoms with van der Waals surface area (Å²) in [4.78, 5) is 43.3. The van der Waals surface area contributed by atoms with Crippen LogP contribution < -0.4 is 5.32 Å². The lowest BCUT2D eigenvalue weighted by Crippen LogP contribution is -2.23. The molecule has 3 unspecified atom stereocenters. The molecule has 0 heterocycles. The van der Waals surface area contributed by atoms with Crippen molar-refractivity contribution < 1.29 is 34.2 Å². The summed E-state index contributed by atoms with van der Waals surface area (Å²) >= 11 is 0. The number of nitro benzene ring substituents is 1. The molecule has 2 aromatic carbocycles. The van der Waals surface area contributed by atoms with Crippen molar-refractivity contribution in [3.8, 4) is 0 Å². The number of aliphatic carboxylic acids is 2. The highest BCUT2D eigenvalue weighted by atomic mass is 31.2. The Kier molecular flexibility index (Phi) is 7.68. The summed E-state index contributed by atoms with van der Waals surface area (Å²) in [6.45, 7) is 0. The predicted octanol–water partition coefficient (Wildman–Crippen LogP) is 3.54. The molecule has 0 aromatic heterocycles. The minimum absolute atomic E-state index is 0.149. The number of anilines is 1. The van der Waals surface area contributed by atoms with Crippen LogP contribution in [-0.2, 0) is 14.2 Å². The number of carbonyl (C=O) groups is 2. The van der Waals surface area contributed by atoms with Crippen LogP contribution in [0.3, 0.4) is 0 Å². The first-order valence-corrected chi connectivity index (χ1v) is 10.8. The summed E-state index contributed by atoms with van der Waals surface area (Å²) in [5.74, 6) is -5.06. The third-order valence-corrected chi connectivity index (χ3v) is 6.64. The summed E-state index contributed by atoms with van der Waals surface area (Å²) in [7, 11) is -4.21. The van der Waals surface area contributed by atoms with Crippen molar-refractivity contribution in [2.24, 2.45) is 5.92 Å². The molecule has 160 valence electrons. The number of benzene rings is 2. The van der Waals surface area contributed by atoms with E-state index in [0.717, 1.165) is 0 Å². The van der Waals surface area contributed by atoms with E-state index in [4.69, 9.17) is 5.11 Å². The Morgan fingerprint density at radius 3 is 2.17 bits per heavy atom. The SMILES string of the molecule is O=C(O)CCC(CP(=O)(O)C(Nc1ccc([N+](=O)[O-])cc1)c1ccccc1)C(=O)O. The first-order valence-electron chi connectivity index (χ1n) is 8.92. The van der Waals surface area contributed by atoms with E-state index in [-0.39, 0.29) is 12.1 Å². The number of carboxylic acids is 2. The van der Waals surface area contributed by atoms with E-state index >= 15 is 0 Å². The van der Waals surface area contributed by atoms with Crippen molar-refractivity contribution in [3.63, 3.8) is 0 Å². The van der Waals surface area contributed by atoms with Crippen LogP contribution in [0.1, 0.15) is 24.2 Å². The number of nitrogens with one attached hydrogen (secondary N) is 1. The largest absolute Gasteiger partial charge is 0.481 e. The van der Waals surface area contributed by atoms with E-state index in [2.05, 4.69) is 5.32 Å². The van der Waals surface area contributed by atoms with Crippen molar-refractivity contribution in [3.05, 3.63) is 70.3 Å². The zero-order chi connectivity index (χ0) is 22.3. The van der Waals surface area contributed by atoms with Gasteiger partial charge in [-0.1, -0.05) is 30.3 Å². The van der Waals surface area contributed by atoms with E-state index in [1.165, 1.54) is 24.3 Å². The zero-order valence-electron chi connectivity index (χ0n) is 15.7. The van der Waals surface area contributed by atoms with Gasteiger partial charge in [-0.25, -0.2) is 0 Å². The molecule has 10 nitrogen and oxygen atoms in total. The Bertz CT molecular complexity index is 949. The van der Waals surface area contributed by atoms with Crippen molar-refractivity contribution in [1.29, 1.82) is 0 Å². The van der Waals surface area contributed by atoms with Gasteiger partial charge in [-0.2, -0.15) is 0 Å². The van der Waals surface area contributed by atoms with Crippen LogP contribution in [0.4, 0.5) is 11.4 Å². The van der Waals surface area contributed by atoms with Gasteiger partial charge in [0.25, 0.3) is 5.69 Å². The Morgan fingerprint density at radius 1 is 1.07 bits per heavy atom. The third-order valence-electron chi connectivity index (χ3n) is 4.44. The highest BCUT2D eigenvalue weighted by Crippen LogP contribution is 2.57. The molecule has 0 aliphatic carbocycles. The smallest absolute Gasteiger partial charge is 0.307 e. The Balaban J connectivity index is 2.33. The predicted molar refractivity (Wildman–Crippen MR) is 109 cm³/mol. The minimum atomic E-state index is -4.21. The standard InChI is InChI=1S/C19H21N2O8P/c22-17(23)11-6-14(19(24)25)12-30(28,29)18(13-4-2-1-3-5-13)20-15-7-9-16(10-8-15)21(26)27/h1-5,7-10,14,18,20H,6,11-12H2,(H,22,23)(H,24,25)(H,28,29). The monoisotopic (exact) mass is 436 g/mol. The molecule has 2 aromatic rings. The van der Waals surface area contributed by atoms with Gasteiger partial charge in [-0.05, 0) is 24.1 Å². The van der Waals surface area contributed by atoms with E-state index in [1.807, 2.05) is 0 Å². The molecule has 30 heavy (non-hydrogen) atoms. The van der Waals surface area contributed by atoms with Crippen molar-refractivity contribution in [1.82, 2.24) is 0 Å². The maximum Gasteiger partial charge on any atom is 0.307 e. The topological polar surface area (TPSA) is 167 Å². The minimum Gasteiger partial charge on any atom is -0.481 e. The van der Waals surface area contributed by atoms with Gasteiger partial charge < -0.3 is 20.4 Å². The lowest BCUT2D eigenvalue weighted by molar-refractivity contribution is -0.384. The number of hydrogen-bond donors (Lipinski definition) is 4. The fourth-order valence-electron chi connectivity index (χ4n) is 2.90. The summed E-state index contributed by atoms with van der Waals surface area (Å²) in [6, 6.07) is 13.4. The second kappa shape index (κ2) is 10.00. The molecule has 2 rings (SSSR count). The van der Waals surface area contributed by atoms with Crippen LogP contribution in [0.25, 0.3) is 0 Å². The van der Waals surface area contributed by atoms with E-state index in [0.29, 0.717) is 11.3 Å². The lowest BCUT2D eigenvalue weighted by Gasteiger charge is -2.27. The van der Waals surface area contributed by atoms with E-state index < -0.39 is 48.5 Å². The second-order valence-corrected chi connectivity index (χ2v) is 9.06. The Morgan fingerprint density at radius 2 is 1.67 bits per heavy atom. The number of nitrogens with zero attached hydrogens (tertiary/aromatic N) is 1. The fourth-order valence-corrected chi connectivity index (χ4v) is 5.07. The van der Waals surface area contributed by atoms with Gasteiger partial charge >= 0.3 is 11.9 Å².